The summed E-state index contributed by atoms with van der Waals surface area (Å²) in [7, 11) is 0. The molecule has 1 heterocycles. The van der Waals surface area contributed by atoms with E-state index in [9.17, 15) is 0 Å². The van der Waals surface area contributed by atoms with Crippen LogP contribution in [0.15, 0.2) is 84.9 Å². The van der Waals surface area contributed by atoms with Crippen LogP contribution in [0.5, 0.6) is 0 Å². The third kappa shape index (κ3) is 3.27. The molecule has 0 N–H and O–H groups in total. The second-order valence-electron chi connectivity index (χ2n) is 11.3. The standard InChI is InChI=1S/C34H34N2/c1-21(2)24-13-11-14-25(22(3)4)32(24)36-31-17-10-9-16-30(31)35-33(36)23-18-19-27-26-12-7-8-15-28(26)34(5,6)29(27)20-23/h7-22H,1-6H3. The van der Waals surface area contributed by atoms with Gasteiger partial charge in [0.05, 0.1) is 16.7 Å². The fourth-order valence-electron chi connectivity index (χ4n) is 6.06. The maximum absolute atomic E-state index is 5.25. The molecular weight excluding hydrogens is 436 g/mol. The monoisotopic (exact) mass is 470 g/mol. The van der Waals surface area contributed by atoms with E-state index in [2.05, 4.69) is 131 Å². The van der Waals surface area contributed by atoms with Crippen molar-refractivity contribution in [2.24, 2.45) is 0 Å². The van der Waals surface area contributed by atoms with Crippen LogP contribution in [0.2, 0.25) is 0 Å². The van der Waals surface area contributed by atoms with Gasteiger partial charge in [0.1, 0.15) is 5.82 Å². The molecule has 0 fully saturated rings. The molecule has 1 aromatic heterocycles. The van der Waals surface area contributed by atoms with E-state index in [0.717, 1.165) is 16.9 Å². The van der Waals surface area contributed by atoms with Crippen LogP contribution in [0.1, 0.15) is 75.6 Å². The lowest BCUT2D eigenvalue weighted by Crippen LogP contribution is -2.15. The lowest BCUT2D eigenvalue weighted by atomic mass is 9.82. The molecule has 4 aromatic carbocycles. The highest BCUT2D eigenvalue weighted by Crippen LogP contribution is 2.49. The van der Waals surface area contributed by atoms with E-state index in [1.807, 2.05) is 0 Å². The van der Waals surface area contributed by atoms with Gasteiger partial charge in [-0.1, -0.05) is 108 Å². The number of aromatic nitrogens is 2. The lowest BCUT2D eigenvalue weighted by molar-refractivity contribution is 0.660. The maximum Gasteiger partial charge on any atom is 0.145 e. The number of para-hydroxylation sites is 3. The molecule has 0 radical (unpaired) electrons. The van der Waals surface area contributed by atoms with Crippen LogP contribution in [-0.4, -0.2) is 9.55 Å². The summed E-state index contributed by atoms with van der Waals surface area (Å²) >= 11 is 0. The molecule has 180 valence electrons. The summed E-state index contributed by atoms with van der Waals surface area (Å²) in [6.07, 6.45) is 0. The molecule has 0 spiro atoms. The van der Waals surface area contributed by atoms with Crippen molar-refractivity contribution >= 4 is 11.0 Å². The van der Waals surface area contributed by atoms with Crippen molar-refractivity contribution in [3.05, 3.63) is 107 Å². The zero-order valence-corrected chi connectivity index (χ0v) is 22.1. The predicted octanol–water partition coefficient (Wildman–Crippen LogP) is 9.25. The first kappa shape index (κ1) is 22.8. The van der Waals surface area contributed by atoms with Crippen molar-refractivity contribution in [3.8, 4) is 28.2 Å². The lowest BCUT2D eigenvalue weighted by Gasteiger charge is -2.24. The van der Waals surface area contributed by atoms with Gasteiger partial charge in [-0.05, 0) is 63.4 Å². The number of hydrogen-bond acceptors (Lipinski definition) is 1. The Kier molecular flexibility index (Phi) is 5.19. The van der Waals surface area contributed by atoms with Crippen molar-refractivity contribution in [1.82, 2.24) is 9.55 Å². The summed E-state index contributed by atoms with van der Waals surface area (Å²) < 4.78 is 2.43. The number of imidazole rings is 1. The Balaban J connectivity index is 1.66. The number of benzene rings is 4. The van der Waals surface area contributed by atoms with Crippen LogP contribution in [0.25, 0.3) is 39.2 Å². The average molecular weight is 471 g/mol. The van der Waals surface area contributed by atoms with Crippen molar-refractivity contribution in [2.45, 2.75) is 58.8 Å². The van der Waals surface area contributed by atoms with Crippen molar-refractivity contribution in [2.75, 3.05) is 0 Å². The first-order valence-electron chi connectivity index (χ1n) is 13.1. The van der Waals surface area contributed by atoms with Gasteiger partial charge in [-0.15, -0.1) is 0 Å². The van der Waals surface area contributed by atoms with E-state index in [0.29, 0.717) is 11.8 Å². The number of nitrogens with zero attached hydrogens (tertiary/aromatic N) is 2. The van der Waals surface area contributed by atoms with E-state index in [1.54, 1.807) is 0 Å². The Bertz CT molecular complexity index is 1590. The summed E-state index contributed by atoms with van der Waals surface area (Å²) in [6.45, 7) is 13.8. The zero-order chi connectivity index (χ0) is 25.2. The van der Waals surface area contributed by atoms with E-state index in [-0.39, 0.29) is 5.41 Å². The molecule has 5 aromatic rings. The minimum Gasteiger partial charge on any atom is -0.292 e. The zero-order valence-electron chi connectivity index (χ0n) is 22.1. The number of hydrogen-bond donors (Lipinski definition) is 0. The van der Waals surface area contributed by atoms with E-state index >= 15 is 0 Å². The summed E-state index contributed by atoms with van der Waals surface area (Å²) in [4.78, 5) is 5.25. The molecule has 6 rings (SSSR count). The van der Waals surface area contributed by atoms with Crippen LogP contribution in [0.4, 0.5) is 0 Å². The molecule has 1 aliphatic rings. The van der Waals surface area contributed by atoms with Gasteiger partial charge in [0.15, 0.2) is 0 Å². The highest BCUT2D eigenvalue weighted by atomic mass is 15.1. The van der Waals surface area contributed by atoms with Gasteiger partial charge in [0, 0.05) is 11.0 Å². The quantitative estimate of drug-likeness (QED) is 0.256. The van der Waals surface area contributed by atoms with Gasteiger partial charge >= 0.3 is 0 Å². The molecule has 0 atom stereocenters. The normalized spacial score (nSPS) is 14.0. The molecule has 2 heteroatoms. The molecule has 36 heavy (non-hydrogen) atoms. The molecular formula is C34H34N2. The first-order chi connectivity index (χ1) is 17.3. The van der Waals surface area contributed by atoms with Crippen molar-refractivity contribution in [1.29, 1.82) is 0 Å². The SMILES string of the molecule is CC(C)c1cccc(C(C)C)c1-n1c(-c2ccc3c(c2)C(C)(C)c2ccccc2-3)nc2ccccc21. The first-order valence-corrected chi connectivity index (χ1v) is 13.1. The largest absolute Gasteiger partial charge is 0.292 e. The minimum absolute atomic E-state index is 0.0439. The minimum atomic E-state index is -0.0439. The average Bonchev–Trinajstić information content (AvgIpc) is 3.36. The van der Waals surface area contributed by atoms with Gasteiger partial charge in [0.25, 0.3) is 0 Å². The Labute approximate surface area is 214 Å². The number of rotatable bonds is 4. The highest BCUT2D eigenvalue weighted by molar-refractivity contribution is 5.87. The van der Waals surface area contributed by atoms with E-state index < -0.39 is 0 Å². The molecule has 0 amide bonds. The highest BCUT2D eigenvalue weighted by Gasteiger charge is 2.35. The summed E-state index contributed by atoms with van der Waals surface area (Å²) in [5.41, 5.74) is 12.8. The van der Waals surface area contributed by atoms with E-state index in [4.69, 9.17) is 4.98 Å². The van der Waals surface area contributed by atoms with Gasteiger partial charge in [0.2, 0.25) is 0 Å². The molecule has 0 saturated carbocycles. The molecule has 1 aliphatic carbocycles. The Morgan fingerprint density at radius 2 is 1.31 bits per heavy atom. The topological polar surface area (TPSA) is 17.8 Å². The van der Waals surface area contributed by atoms with Crippen molar-refractivity contribution in [3.63, 3.8) is 0 Å². The summed E-state index contributed by atoms with van der Waals surface area (Å²) in [5, 5.41) is 0. The maximum atomic E-state index is 5.25. The third-order valence-electron chi connectivity index (χ3n) is 7.97. The van der Waals surface area contributed by atoms with Gasteiger partial charge in [-0.2, -0.15) is 0 Å². The Morgan fingerprint density at radius 1 is 0.667 bits per heavy atom. The fraction of sp³-hybridized carbons (Fsp3) is 0.265. The van der Waals surface area contributed by atoms with E-state index in [1.165, 1.54) is 44.6 Å². The smallest absolute Gasteiger partial charge is 0.145 e. The van der Waals surface area contributed by atoms with Gasteiger partial charge in [-0.25, -0.2) is 4.98 Å². The molecule has 2 nitrogen and oxygen atoms in total. The second kappa shape index (κ2) is 8.20. The second-order valence-corrected chi connectivity index (χ2v) is 11.3. The predicted molar refractivity (Wildman–Crippen MR) is 152 cm³/mol. The van der Waals surface area contributed by atoms with Crippen LogP contribution >= 0.6 is 0 Å². The fourth-order valence-corrected chi connectivity index (χ4v) is 6.06. The molecule has 0 aliphatic heterocycles. The van der Waals surface area contributed by atoms with Crippen LogP contribution in [-0.2, 0) is 5.41 Å². The van der Waals surface area contributed by atoms with Crippen LogP contribution in [0.3, 0.4) is 0 Å². The summed E-state index contributed by atoms with van der Waals surface area (Å²) in [5.74, 6) is 1.82. The molecule has 0 bridgehead atoms. The van der Waals surface area contributed by atoms with Gasteiger partial charge in [-0.3, -0.25) is 4.57 Å². The van der Waals surface area contributed by atoms with Crippen LogP contribution < -0.4 is 0 Å². The van der Waals surface area contributed by atoms with Crippen LogP contribution in [0, 0.1) is 0 Å². The van der Waals surface area contributed by atoms with Gasteiger partial charge < -0.3 is 0 Å². The Morgan fingerprint density at radius 3 is 2.03 bits per heavy atom. The Hall–Kier alpha value is -3.65. The number of fused-ring (bicyclic) bond motifs is 4. The van der Waals surface area contributed by atoms with Crippen molar-refractivity contribution < 1.29 is 0 Å². The summed E-state index contributed by atoms with van der Waals surface area (Å²) in [6, 6.07) is 31.1. The third-order valence-corrected chi connectivity index (χ3v) is 7.97. The molecule has 0 saturated heterocycles. The molecule has 0 unspecified atom stereocenters.